The number of epoxide rings is 1. The van der Waals surface area contributed by atoms with E-state index in [2.05, 4.69) is 0 Å². The van der Waals surface area contributed by atoms with Gasteiger partial charge in [0.25, 0.3) is 0 Å². The van der Waals surface area contributed by atoms with Crippen molar-refractivity contribution >= 4 is 0 Å². The molecule has 0 bridgehead atoms. The SMILES string of the molecule is COc1cc(C2CO2)cc(OC)c1OC. The van der Waals surface area contributed by atoms with Gasteiger partial charge in [-0.3, -0.25) is 0 Å². The lowest BCUT2D eigenvalue weighted by Crippen LogP contribution is -1.96. The summed E-state index contributed by atoms with van der Waals surface area (Å²) in [5.41, 5.74) is 1.06. The molecule has 15 heavy (non-hydrogen) atoms. The van der Waals surface area contributed by atoms with Crippen LogP contribution in [-0.2, 0) is 4.74 Å². The fourth-order valence-corrected chi connectivity index (χ4v) is 1.53. The van der Waals surface area contributed by atoms with Crippen LogP contribution in [0.2, 0.25) is 0 Å². The third-order valence-corrected chi connectivity index (χ3v) is 2.39. The summed E-state index contributed by atoms with van der Waals surface area (Å²) in [5.74, 6) is 1.95. The van der Waals surface area contributed by atoms with Gasteiger partial charge < -0.3 is 18.9 Å². The van der Waals surface area contributed by atoms with Gasteiger partial charge in [-0.1, -0.05) is 0 Å². The fourth-order valence-electron chi connectivity index (χ4n) is 1.53. The first-order valence-electron chi connectivity index (χ1n) is 4.71. The van der Waals surface area contributed by atoms with Crippen LogP contribution in [0.3, 0.4) is 0 Å². The van der Waals surface area contributed by atoms with E-state index >= 15 is 0 Å². The number of hydrogen-bond acceptors (Lipinski definition) is 4. The van der Waals surface area contributed by atoms with E-state index in [4.69, 9.17) is 18.9 Å². The summed E-state index contributed by atoms with van der Waals surface area (Å²) < 4.78 is 20.9. The van der Waals surface area contributed by atoms with Crippen molar-refractivity contribution in [1.29, 1.82) is 0 Å². The molecule has 1 aliphatic rings. The predicted molar refractivity (Wildman–Crippen MR) is 54.8 cm³/mol. The second kappa shape index (κ2) is 3.98. The summed E-state index contributed by atoms with van der Waals surface area (Å²) in [7, 11) is 4.80. The van der Waals surface area contributed by atoms with Crippen LogP contribution in [0.1, 0.15) is 11.7 Å². The molecule has 0 aromatic heterocycles. The summed E-state index contributed by atoms with van der Waals surface area (Å²) in [4.78, 5) is 0. The van der Waals surface area contributed by atoms with Gasteiger partial charge in [-0.25, -0.2) is 0 Å². The van der Waals surface area contributed by atoms with Crippen molar-refractivity contribution in [2.75, 3.05) is 27.9 Å². The molecule has 0 amide bonds. The third-order valence-electron chi connectivity index (χ3n) is 2.39. The first-order chi connectivity index (χ1) is 7.30. The molecule has 0 radical (unpaired) electrons. The van der Waals surface area contributed by atoms with Crippen LogP contribution in [0.25, 0.3) is 0 Å². The Hall–Kier alpha value is -1.42. The predicted octanol–water partition coefficient (Wildman–Crippen LogP) is 1.78. The van der Waals surface area contributed by atoms with E-state index < -0.39 is 0 Å². The van der Waals surface area contributed by atoms with E-state index in [9.17, 15) is 0 Å². The third kappa shape index (κ3) is 1.85. The maximum absolute atomic E-state index is 5.24. The normalized spacial score (nSPS) is 18.5. The topological polar surface area (TPSA) is 40.2 Å². The van der Waals surface area contributed by atoms with Crippen LogP contribution >= 0.6 is 0 Å². The van der Waals surface area contributed by atoms with Crippen LogP contribution in [0.15, 0.2) is 12.1 Å². The molecule has 0 spiro atoms. The van der Waals surface area contributed by atoms with Crippen molar-refractivity contribution in [3.8, 4) is 17.2 Å². The Morgan fingerprint density at radius 2 is 1.60 bits per heavy atom. The molecular weight excluding hydrogens is 196 g/mol. The molecule has 1 fully saturated rings. The van der Waals surface area contributed by atoms with Gasteiger partial charge in [-0.05, 0) is 17.7 Å². The van der Waals surface area contributed by atoms with E-state index in [-0.39, 0.29) is 6.10 Å². The van der Waals surface area contributed by atoms with Crippen LogP contribution in [-0.4, -0.2) is 27.9 Å². The van der Waals surface area contributed by atoms with E-state index in [1.165, 1.54) is 0 Å². The van der Waals surface area contributed by atoms with Crippen molar-refractivity contribution in [3.05, 3.63) is 17.7 Å². The average molecular weight is 210 g/mol. The monoisotopic (exact) mass is 210 g/mol. The molecule has 0 N–H and O–H groups in total. The van der Waals surface area contributed by atoms with Gasteiger partial charge in [0, 0.05) is 0 Å². The molecule has 0 saturated carbocycles. The van der Waals surface area contributed by atoms with Gasteiger partial charge in [0.1, 0.15) is 6.10 Å². The summed E-state index contributed by atoms with van der Waals surface area (Å²) in [6.45, 7) is 0.763. The van der Waals surface area contributed by atoms with Gasteiger partial charge in [0.2, 0.25) is 5.75 Å². The van der Waals surface area contributed by atoms with Gasteiger partial charge in [0.15, 0.2) is 11.5 Å². The summed E-state index contributed by atoms with van der Waals surface area (Å²) in [6.07, 6.45) is 0.179. The molecule has 1 aromatic carbocycles. The van der Waals surface area contributed by atoms with Crippen molar-refractivity contribution in [2.45, 2.75) is 6.10 Å². The lowest BCUT2D eigenvalue weighted by Gasteiger charge is -2.13. The summed E-state index contributed by atoms with van der Waals surface area (Å²) in [5, 5.41) is 0. The largest absolute Gasteiger partial charge is 0.493 e. The smallest absolute Gasteiger partial charge is 0.203 e. The lowest BCUT2D eigenvalue weighted by atomic mass is 10.1. The molecule has 4 heteroatoms. The van der Waals surface area contributed by atoms with Crippen molar-refractivity contribution in [3.63, 3.8) is 0 Å². The van der Waals surface area contributed by atoms with Crippen molar-refractivity contribution in [1.82, 2.24) is 0 Å². The molecule has 1 atom stereocenters. The van der Waals surface area contributed by atoms with Crippen LogP contribution in [0, 0.1) is 0 Å². The zero-order valence-corrected chi connectivity index (χ0v) is 9.07. The van der Waals surface area contributed by atoms with Gasteiger partial charge >= 0.3 is 0 Å². The minimum absolute atomic E-state index is 0.179. The Morgan fingerprint density at radius 3 is 1.93 bits per heavy atom. The molecule has 82 valence electrons. The lowest BCUT2D eigenvalue weighted by molar-refractivity contribution is 0.322. The summed E-state index contributed by atoms with van der Waals surface area (Å²) >= 11 is 0. The first kappa shape index (κ1) is 10.1. The van der Waals surface area contributed by atoms with Crippen LogP contribution < -0.4 is 14.2 Å². The van der Waals surface area contributed by atoms with Gasteiger partial charge in [-0.15, -0.1) is 0 Å². The average Bonchev–Trinajstić information content (AvgIpc) is 3.10. The van der Waals surface area contributed by atoms with Gasteiger partial charge in [0.05, 0.1) is 27.9 Å². The maximum atomic E-state index is 5.24. The Kier molecular flexibility index (Phi) is 2.68. The minimum atomic E-state index is 0.179. The van der Waals surface area contributed by atoms with E-state index in [1.807, 2.05) is 12.1 Å². The number of ether oxygens (including phenoxy) is 4. The van der Waals surface area contributed by atoms with E-state index in [0.717, 1.165) is 12.2 Å². The zero-order chi connectivity index (χ0) is 10.8. The Labute approximate surface area is 88.7 Å². The van der Waals surface area contributed by atoms with E-state index in [0.29, 0.717) is 17.2 Å². The van der Waals surface area contributed by atoms with E-state index in [1.54, 1.807) is 21.3 Å². The Morgan fingerprint density at radius 1 is 1.07 bits per heavy atom. The molecule has 4 nitrogen and oxygen atoms in total. The molecule has 0 aliphatic carbocycles. The van der Waals surface area contributed by atoms with Gasteiger partial charge in [-0.2, -0.15) is 0 Å². The quantitative estimate of drug-likeness (QED) is 0.710. The molecule has 2 rings (SSSR count). The summed E-state index contributed by atoms with van der Waals surface area (Å²) in [6, 6.07) is 3.83. The number of rotatable bonds is 4. The second-order valence-corrected chi connectivity index (χ2v) is 3.28. The van der Waals surface area contributed by atoms with Crippen molar-refractivity contribution < 1.29 is 18.9 Å². The number of hydrogen-bond donors (Lipinski definition) is 0. The number of methoxy groups -OCH3 is 3. The maximum Gasteiger partial charge on any atom is 0.203 e. The highest BCUT2D eigenvalue weighted by Crippen LogP contribution is 2.42. The highest BCUT2D eigenvalue weighted by atomic mass is 16.6. The first-order valence-corrected chi connectivity index (χ1v) is 4.71. The molecule has 1 saturated heterocycles. The Balaban J connectivity index is 2.45. The highest BCUT2D eigenvalue weighted by molar-refractivity contribution is 5.54. The zero-order valence-electron chi connectivity index (χ0n) is 9.07. The molecule has 1 unspecified atom stereocenters. The highest BCUT2D eigenvalue weighted by Gasteiger charge is 2.27. The molecule has 1 aromatic rings. The second-order valence-electron chi connectivity index (χ2n) is 3.28. The van der Waals surface area contributed by atoms with Crippen LogP contribution in [0.5, 0.6) is 17.2 Å². The fraction of sp³-hybridized carbons (Fsp3) is 0.455. The number of benzene rings is 1. The van der Waals surface area contributed by atoms with Crippen LogP contribution in [0.4, 0.5) is 0 Å². The standard InChI is InChI=1S/C11H14O4/c1-12-8-4-7(10-6-15-10)5-9(13-2)11(8)14-3/h4-5,10H,6H2,1-3H3. The molecule has 1 heterocycles. The molecule has 1 aliphatic heterocycles. The van der Waals surface area contributed by atoms with Crippen molar-refractivity contribution in [2.24, 2.45) is 0 Å². The Bertz CT molecular complexity index is 333. The minimum Gasteiger partial charge on any atom is -0.493 e. The molecular formula is C11H14O4.